The lowest BCUT2D eigenvalue weighted by Crippen LogP contribution is -2.23. The van der Waals surface area contributed by atoms with Gasteiger partial charge in [0.2, 0.25) is 5.82 Å². The van der Waals surface area contributed by atoms with Gasteiger partial charge in [-0.1, -0.05) is 70.4 Å². The van der Waals surface area contributed by atoms with Gasteiger partial charge in [-0.15, -0.1) is 6.58 Å². The van der Waals surface area contributed by atoms with Gasteiger partial charge in [0, 0.05) is 5.56 Å². The molecule has 0 spiro atoms. The quantitative estimate of drug-likeness (QED) is 0.193. The Morgan fingerprint density at radius 2 is 1.71 bits per heavy atom. The van der Waals surface area contributed by atoms with Gasteiger partial charge in [0.05, 0.1) is 6.61 Å². The van der Waals surface area contributed by atoms with E-state index >= 15 is 0 Å². The van der Waals surface area contributed by atoms with E-state index in [2.05, 4.69) is 19.6 Å². The highest BCUT2D eigenvalue weighted by molar-refractivity contribution is 5.67. The number of hydrogen-bond acceptors (Lipinski definition) is 1. The summed E-state index contributed by atoms with van der Waals surface area (Å²) < 4.78 is 35.1. The maximum atomic E-state index is 14.9. The summed E-state index contributed by atoms with van der Waals surface area (Å²) in [6.45, 7) is 6.43. The Labute approximate surface area is 207 Å². The van der Waals surface area contributed by atoms with Gasteiger partial charge in [-0.3, -0.25) is 0 Å². The van der Waals surface area contributed by atoms with Crippen molar-refractivity contribution in [3.63, 3.8) is 0 Å². The summed E-state index contributed by atoms with van der Waals surface area (Å²) >= 11 is 0. The molecule has 0 radical (unpaired) electrons. The summed E-state index contributed by atoms with van der Waals surface area (Å²) in [6.07, 6.45) is 23.2. The van der Waals surface area contributed by atoms with Gasteiger partial charge in [-0.2, -0.15) is 4.39 Å². The van der Waals surface area contributed by atoms with Crippen molar-refractivity contribution in [2.75, 3.05) is 6.61 Å². The first-order valence-electron chi connectivity index (χ1n) is 14.0. The van der Waals surface area contributed by atoms with Gasteiger partial charge in [-0.25, -0.2) is 4.39 Å². The Balaban J connectivity index is 1.46. The van der Waals surface area contributed by atoms with Gasteiger partial charge in [0.1, 0.15) is 0 Å². The molecule has 0 aromatic heterocycles. The van der Waals surface area contributed by atoms with Crippen molar-refractivity contribution in [3.8, 4) is 5.75 Å². The van der Waals surface area contributed by atoms with Crippen LogP contribution in [-0.4, -0.2) is 6.61 Å². The fourth-order valence-corrected chi connectivity index (χ4v) is 5.98. The lowest BCUT2D eigenvalue weighted by molar-refractivity contribution is 0.187. The summed E-state index contributed by atoms with van der Waals surface area (Å²) in [5.74, 6) is 0.913. The molecule has 1 saturated carbocycles. The van der Waals surface area contributed by atoms with E-state index in [1.807, 2.05) is 6.08 Å². The highest BCUT2D eigenvalue weighted by Gasteiger charge is 2.29. The molecule has 0 N–H and O–H groups in total. The monoisotopic (exact) mass is 472 g/mol. The van der Waals surface area contributed by atoms with Crippen molar-refractivity contribution in [1.29, 1.82) is 0 Å². The van der Waals surface area contributed by atoms with Crippen LogP contribution in [0, 0.1) is 29.4 Å². The number of benzene rings is 1. The van der Waals surface area contributed by atoms with Gasteiger partial charge >= 0.3 is 0 Å². The molecular formula is C31H46F2O. The lowest BCUT2D eigenvalue weighted by Gasteiger charge is -2.35. The van der Waals surface area contributed by atoms with Crippen molar-refractivity contribution >= 4 is 5.57 Å². The minimum atomic E-state index is -0.839. The van der Waals surface area contributed by atoms with Gasteiger partial charge in [-0.05, 0) is 86.8 Å². The Kier molecular flexibility index (Phi) is 11.6. The van der Waals surface area contributed by atoms with Crippen LogP contribution in [0.4, 0.5) is 8.78 Å². The number of allylic oxidation sites excluding steroid dienone is 3. The molecule has 34 heavy (non-hydrogen) atoms. The van der Waals surface area contributed by atoms with Crippen LogP contribution >= 0.6 is 0 Å². The molecule has 2 aliphatic rings. The third-order valence-electron chi connectivity index (χ3n) is 8.18. The van der Waals surface area contributed by atoms with E-state index in [0.717, 1.165) is 68.8 Å². The fourth-order valence-electron chi connectivity index (χ4n) is 5.98. The van der Waals surface area contributed by atoms with Gasteiger partial charge < -0.3 is 4.74 Å². The number of rotatable bonds is 14. The topological polar surface area (TPSA) is 9.23 Å². The first-order chi connectivity index (χ1) is 16.6. The minimum Gasteiger partial charge on any atom is -0.490 e. The molecular weight excluding hydrogens is 426 g/mol. The summed E-state index contributed by atoms with van der Waals surface area (Å²) in [7, 11) is 0. The predicted octanol–water partition coefficient (Wildman–Crippen LogP) is 10.1. The lowest BCUT2D eigenvalue weighted by atomic mass is 9.70. The normalized spacial score (nSPS) is 22.9. The molecule has 1 nitrogen and oxygen atoms in total. The zero-order valence-electron chi connectivity index (χ0n) is 21.4. The van der Waals surface area contributed by atoms with E-state index in [-0.39, 0.29) is 5.75 Å². The molecule has 0 saturated heterocycles. The third-order valence-corrected chi connectivity index (χ3v) is 8.18. The summed E-state index contributed by atoms with van der Waals surface area (Å²) in [5, 5.41) is 0. The standard InChI is InChI=1S/C31H46F2O/c1-3-5-7-8-9-11-23-34-29-22-21-28(30(32)31(29)33)27-19-17-26(18-20-27)25-15-13-24(14-16-25)12-10-6-4-2/h3,19,21-22,24-26H,1,4-18,20,23H2,2H3. The fraction of sp³-hybridized carbons (Fsp3) is 0.677. The zero-order valence-corrected chi connectivity index (χ0v) is 21.4. The molecule has 190 valence electrons. The minimum absolute atomic E-state index is 0.0392. The van der Waals surface area contributed by atoms with Gasteiger partial charge in [0.25, 0.3) is 0 Å². The Hall–Kier alpha value is -1.64. The molecule has 1 atom stereocenters. The molecule has 0 aliphatic heterocycles. The second kappa shape index (κ2) is 14.7. The van der Waals surface area contributed by atoms with Crippen LogP contribution in [0.3, 0.4) is 0 Å². The van der Waals surface area contributed by atoms with Crippen molar-refractivity contribution < 1.29 is 13.5 Å². The summed E-state index contributed by atoms with van der Waals surface area (Å²) in [5.41, 5.74) is 1.39. The van der Waals surface area contributed by atoms with E-state index in [1.54, 1.807) is 12.1 Å². The second-order valence-corrected chi connectivity index (χ2v) is 10.6. The average Bonchev–Trinajstić information content (AvgIpc) is 2.87. The highest BCUT2D eigenvalue weighted by Crippen LogP contribution is 2.43. The maximum Gasteiger partial charge on any atom is 0.201 e. The average molecular weight is 473 g/mol. The van der Waals surface area contributed by atoms with Crippen LogP contribution in [0.2, 0.25) is 0 Å². The summed E-state index contributed by atoms with van der Waals surface area (Å²) in [4.78, 5) is 0. The van der Waals surface area contributed by atoms with E-state index < -0.39 is 11.6 Å². The molecule has 1 aromatic carbocycles. The summed E-state index contributed by atoms with van der Waals surface area (Å²) in [6, 6.07) is 3.32. The van der Waals surface area contributed by atoms with Crippen molar-refractivity contribution in [2.45, 2.75) is 110 Å². The van der Waals surface area contributed by atoms with Crippen molar-refractivity contribution in [1.82, 2.24) is 0 Å². The number of hydrogen-bond donors (Lipinski definition) is 0. The largest absolute Gasteiger partial charge is 0.490 e. The van der Waals surface area contributed by atoms with E-state index in [4.69, 9.17) is 4.74 Å². The second-order valence-electron chi connectivity index (χ2n) is 10.6. The Bertz CT molecular complexity index is 776. The van der Waals surface area contributed by atoms with E-state index in [0.29, 0.717) is 18.1 Å². The van der Waals surface area contributed by atoms with Crippen LogP contribution < -0.4 is 4.74 Å². The maximum absolute atomic E-state index is 14.9. The SMILES string of the molecule is C=CCCCCCCOc1ccc(C2=CCC(C3CCC(CCCCC)CC3)CC2)c(F)c1F. The van der Waals surface area contributed by atoms with Crippen molar-refractivity contribution in [3.05, 3.63) is 48.1 Å². The molecule has 3 rings (SSSR count). The molecule has 0 heterocycles. The Morgan fingerprint density at radius 3 is 2.41 bits per heavy atom. The third kappa shape index (κ3) is 7.95. The molecule has 2 aliphatic carbocycles. The molecule has 0 bridgehead atoms. The first kappa shape index (κ1) is 27.0. The van der Waals surface area contributed by atoms with Gasteiger partial charge in [0.15, 0.2) is 11.6 Å². The molecule has 0 amide bonds. The van der Waals surface area contributed by atoms with Crippen LogP contribution in [0.5, 0.6) is 5.75 Å². The number of unbranched alkanes of at least 4 members (excludes halogenated alkanes) is 6. The van der Waals surface area contributed by atoms with Crippen LogP contribution in [0.15, 0.2) is 30.9 Å². The van der Waals surface area contributed by atoms with Crippen LogP contribution in [-0.2, 0) is 0 Å². The van der Waals surface area contributed by atoms with E-state index in [9.17, 15) is 8.78 Å². The molecule has 1 unspecified atom stereocenters. The highest BCUT2D eigenvalue weighted by atomic mass is 19.2. The van der Waals surface area contributed by atoms with Crippen molar-refractivity contribution in [2.24, 2.45) is 17.8 Å². The smallest absolute Gasteiger partial charge is 0.201 e. The zero-order chi connectivity index (χ0) is 24.2. The predicted molar refractivity (Wildman–Crippen MR) is 140 cm³/mol. The number of halogens is 2. The molecule has 1 aromatic rings. The molecule has 1 fully saturated rings. The van der Waals surface area contributed by atoms with E-state index in [1.165, 1.54) is 51.4 Å². The first-order valence-corrected chi connectivity index (χ1v) is 14.0. The van der Waals surface area contributed by atoms with Crippen LogP contribution in [0.25, 0.3) is 5.57 Å². The van der Waals surface area contributed by atoms with Crippen LogP contribution in [0.1, 0.15) is 115 Å². The number of ether oxygens (including phenoxy) is 1. The Morgan fingerprint density at radius 1 is 0.912 bits per heavy atom. The molecule has 3 heteroatoms.